The van der Waals surface area contributed by atoms with E-state index in [-0.39, 0.29) is 11.7 Å². The van der Waals surface area contributed by atoms with Gasteiger partial charge >= 0.3 is 6.18 Å². The summed E-state index contributed by atoms with van der Waals surface area (Å²) in [6.07, 6.45) is -0.489. The van der Waals surface area contributed by atoms with E-state index in [2.05, 4.69) is 12.2 Å². The third-order valence-corrected chi connectivity index (χ3v) is 2.99. The van der Waals surface area contributed by atoms with Gasteiger partial charge in [0.15, 0.2) is 0 Å². The first-order chi connectivity index (χ1) is 8.49. The average molecular weight is 259 g/mol. The Bertz CT molecular complexity index is 360. The number of halogens is 3. The van der Waals surface area contributed by atoms with Gasteiger partial charge in [0.1, 0.15) is 0 Å². The summed E-state index contributed by atoms with van der Waals surface area (Å²) >= 11 is 0. The molecule has 0 aliphatic rings. The van der Waals surface area contributed by atoms with Crippen molar-refractivity contribution < 1.29 is 13.2 Å². The first kappa shape index (κ1) is 14.9. The minimum atomic E-state index is -4.30. The van der Waals surface area contributed by atoms with Crippen LogP contribution in [0, 0.1) is 0 Å². The zero-order chi connectivity index (χ0) is 13.6. The largest absolute Gasteiger partial charge is 0.418 e. The van der Waals surface area contributed by atoms with Crippen molar-refractivity contribution in [2.75, 3.05) is 5.32 Å². The number of alkyl halides is 3. The molecule has 0 spiro atoms. The summed E-state index contributed by atoms with van der Waals surface area (Å²) in [5.41, 5.74) is -0.395. The zero-order valence-corrected chi connectivity index (χ0v) is 10.8. The van der Waals surface area contributed by atoms with Gasteiger partial charge in [-0.15, -0.1) is 0 Å². The zero-order valence-electron chi connectivity index (χ0n) is 10.8. The molecule has 0 aromatic heterocycles. The highest BCUT2D eigenvalue weighted by Gasteiger charge is 2.33. The number of para-hydroxylation sites is 1. The molecule has 1 N–H and O–H groups in total. The minimum absolute atomic E-state index is 0.105. The lowest BCUT2D eigenvalue weighted by atomic mass is 10.1. The monoisotopic (exact) mass is 259 g/mol. The summed E-state index contributed by atoms with van der Waals surface area (Å²) in [6, 6.07) is 5.77. The number of hydrogen-bond donors (Lipinski definition) is 1. The van der Waals surface area contributed by atoms with Crippen LogP contribution in [0.2, 0.25) is 0 Å². The van der Waals surface area contributed by atoms with Gasteiger partial charge in [-0.1, -0.05) is 38.8 Å². The molecule has 1 atom stereocenters. The van der Waals surface area contributed by atoms with Crippen LogP contribution < -0.4 is 5.32 Å². The fourth-order valence-corrected chi connectivity index (χ4v) is 1.90. The van der Waals surface area contributed by atoms with Crippen LogP contribution in [0.1, 0.15) is 45.1 Å². The first-order valence-corrected chi connectivity index (χ1v) is 6.41. The summed E-state index contributed by atoms with van der Waals surface area (Å²) < 4.78 is 38.4. The maximum Gasteiger partial charge on any atom is 0.418 e. The third-order valence-electron chi connectivity index (χ3n) is 2.99. The maximum atomic E-state index is 12.8. The molecule has 0 aliphatic carbocycles. The first-order valence-electron chi connectivity index (χ1n) is 6.41. The number of benzene rings is 1. The quantitative estimate of drug-likeness (QED) is 0.750. The molecule has 102 valence electrons. The van der Waals surface area contributed by atoms with Gasteiger partial charge < -0.3 is 5.32 Å². The van der Waals surface area contributed by atoms with Crippen LogP contribution in [0.5, 0.6) is 0 Å². The molecule has 1 nitrogen and oxygen atoms in total. The molecule has 18 heavy (non-hydrogen) atoms. The second-order valence-electron chi connectivity index (χ2n) is 4.44. The third kappa shape index (κ3) is 4.24. The molecule has 0 heterocycles. The Morgan fingerprint density at radius 1 is 1.17 bits per heavy atom. The number of anilines is 1. The topological polar surface area (TPSA) is 12.0 Å². The Kier molecular flexibility index (Phi) is 5.51. The van der Waals surface area contributed by atoms with Gasteiger partial charge in [0.2, 0.25) is 0 Å². The standard InChI is InChI=1S/C14H20F3N/c1-3-5-8-11(4-2)18-13-10-7-6-9-12(13)14(15,16)17/h6-7,9-11,18H,3-5,8H2,1-2H3. The maximum absolute atomic E-state index is 12.8. The lowest BCUT2D eigenvalue weighted by Gasteiger charge is -2.21. The highest BCUT2D eigenvalue weighted by molar-refractivity contribution is 5.53. The Morgan fingerprint density at radius 2 is 1.83 bits per heavy atom. The Balaban J connectivity index is 2.82. The van der Waals surface area contributed by atoms with Gasteiger partial charge in [0, 0.05) is 11.7 Å². The normalized spacial score (nSPS) is 13.4. The van der Waals surface area contributed by atoms with Crippen molar-refractivity contribution in [3.63, 3.8) is 0 Å². The molecular formula is C14H20F3N. The minimum Gasteiger partial charge on any atom is -0.382 e. The second kappa shape index (κ2) is 6.66. The van der Waals surface area contributed by atoms with Crippen molar-refractivity contribution in [2.45, 2.75) is 51.7 Å². The van der Waals surface area contributed by atoms with Gasteiger partial charge in [-0.25, -0.2) is 0 Å². The van der Waals surface area contributed by atoms with Crippen LogP contribution in [0.25, 0.3) is 0 Å². The number of hydrogen-bond acceptors (Lipinski definition) is 1. The predicted octanol–water partition coefficient (Wildman–Crippen LogP) is 5.09. The van der Waals surface area contributed by atoms with Crippen LogP contribution in [-0.4, -0.2) is 6.04 Å². The van der Waals surface area contributed by atoms with Crippen molar-refractivity contribution in [3.8, 4) is 0 Å². The van der Waals surface area contributed by atoms with E-state index in [1.54, 1.807) is 6.07 Å². The molecular weight excluding hydrogens is 239 g/mol. The van der Waals surface area contributed by atoms with E-state index in [0.717, 1.165) is 31.7 Å². The lowest BCUT2D eigenvalue weighted by molar-refractivity contribution is -0.137. The summed E-state index contributed by atoms with van der Waals surface area (Å²) in [5, 5.41) is 3.02. The summed E-state index contributed by atoms with van der Waals surface area (Å²) in [6.45, 7) is 4.07. The molecule has 0 fully saturated rings. The van der Waals surface area contributed by atoms with Crippen molar-refractivity contribution in [1.82, 2.24) is 0 Å². The summed E-state index contributed by atoms with van der Waals surface area (Å²) in [7, 11) is 0. The van der Waals surface area contributed by atoms with Gasteiger partial charge in [0.05, 0.1) is 5.56 Å². The van der Waals surface area contributed by atoms with Crippen molar-refractivity contribution >= 4 is 5.69 Å². The second-order valence-corrected chi connectivity index (χ2v) is 4.44. The van der Waals surface area contributed by atoms with E-state index in [0.29, 0.717) is 0 Å². The van der Waals surface area contributed by atoms with E-state index in [9.17, 15) is 13.2 Å². The van der Waals surface area contributed by atoms with Gasteiger partial charge in [-0.2, -0.15) is 13.2 Å². The van der Waals surface area contributed by atoms with Gasteiger partial charge in [-0.05, 0) is 25.0 Å². The van der Waals surface area contributed by atoms with Crippen LogP contribution in [0.4, 0.5) is 18.9 Å². The fraction of sp³-hybridized carbons (Fsp3) is 0.571. The predicted molar refractivity (Wildman–Crippen MR) is 68.7 cm³/mol. The Morgan fingerprint density at radius 3 is 2.39 bits per heavy atom. The molecule has 1 aromatic rings. The van der Waals surface area contributed by atoms with E-state index in [1.807, 2.05) is 6.92 Å². The van der Waals surface area contributed by atoms with Crippen molar-refractivity contribution in [2.24, 2.45) is 0 Å². The number of nitrogens with one attached hydrogen (secondary N) is 1. The van der Waals surface area contributed by atoms with Crippen molar-refractivity contribution in [3.05, 3.63) is 29.8 Å². The fourth-order valence-electron chi connectivity index (χ4n) is 1.90. The van der Waals surface area contributed by atoms with Gasteiger partial charge in [-0.3, -0.25) is 0 Å². The van der Waals surface area contributed by atoms with E-state index in [4.69, 9.17) is 0 Å². The summed E-state index contributed by atoms with van der Waals surface area (Å²) in [4.78, 5) is 0. The van der Waals surface area contributed by atoms with Gasteiger partial charge in [0.25, 0.3) is 0 Å². The Hall–Kier alpha value is -1.19. The molecule has 0 aliphatic heterocycles. The molecule has 0 bridgehead atoms. The lowest BCUT2D eigenvalue weighted by Crippen LogP contribution is -2.21. The molecule has 4 heteroatoms. The van der Waals surface area contributed by atoms with E-state index in [1.165, 1.54) is 12.1 Å². The molecule has 1 unspecified atom stereocenters. The van der Waals surface area contributed by atoms with Crippen LogP contribution in [0.15, 0.2) is 24.3 Å². The average Bonchev–Trinajstić information content (AvgIpc) is 2.33. The van der Waals surface area contributed by atoms with Crippen LogP contribution >= 0.6 is 0 Å². The Labute approximate surface area is 106 Å². The van der Waals surface area contributed by atoms with Crippen LogP contribution in [-0.2, 0) is 6.18 Å². The number of unbranched alkanes of at least 4 members (excludes halogenated alkanes) is 1. The molecule has 1 rings (SSSR count). The number of rotatable bonds is 6. The smallest absolute Gasteiger partial charge is 0.382 e. The van der Waals surface area contributed by atoms with Crippen LogP contribution in [0.3, 0.4) is 0 Å². The molecule has 0 saturated heterocycles. The molecule has 1 aromatic carbocycles. The molecule has 0 radical (unpaired) electrons. The summed E-state index contributed by atoms with van der Waals surface area (Å²) in [5.74, 6) is 0. The highest BCUT2D eigenvalue weighted by Crippen LogP contribution is 2.35. The SMILES string of the molecule is CCCCC(CC)Nc1ccccc1C(F)(F)F. The molecule has 0 amide bonds. The van der Waals surface area contributed by atoms with E-state index >= 15 is 0 Å². The molecule has 0 saturated carbocycles. The van der Waals surface area contributed by atoms with Crippen molar-refractivity contribution in [1.29, 1.82) is 0 Å². The highest BCUT2D eigenvalue weighted by atomic mass is 19.4. The van der Waals surface area contributed by atoms with E-state index < -0.39 is 11.7 Å².